The van der Waals surface area contributed by atoms with Crippen molar-refractivity contribution in [3.05, 3.63) is 72.4 Å². The maximum absolute atomic E-state index is 11.1. The molecule has 8 heteroatoms. The number of nitrogens with zero attached hydrogens (tertiary/aromatic N) is 4. The number of rotatable bonds is 5. The summed E-state index contributed by atoms with van der Waals surface area (Å²) in [6, 6.07) is 7.68. The predicted octanol–water partition coefficient (Wildman–Crippen LogP) is 4.16. The summed E-state index contributed by atoms with van der Waals surface area (Å²) < 4.78 is 1.63. The zero-order chi connectivity index (χ0) is 17.3. The zero-order valence-corrected chi connectivity index (χ0v) is 14.8. The molecule has 24 heavy (non-hydrogen) atoms. The van der Waals surface area contributed by atoms with E-state index in [2.05, 4.69) is 10.1 Å². The average Bonchev–Trinajstić information content (AvgIpc) is 3.06. The lowest BCUT2D eigenvalue weighted by Gasteiger charge is -2.01. The van der Waals surface area contributed by atoms with Crippen LogP contribution in [0.15, 0.2) is 29.6 Å². The summed E-state index contributed by atoms with van der Waals surface area (Å²) in [6.07, 6.45) is 0.735. The molecule has 0 N–H and O–H groups in total. The van der Waals surface area contributed by atoms with Crippen LogP contribution in [-0.4, -0.2) is 19.7 Å². The van der Waals surface area contributed by atoms with Crippen molar-refractivity contribution < 1.29 is 4.92 Å². The van der Waals surface area contributed by atoms with E-state index in [0.29, 0.717) is 23.0 Å². The molecule has 0 atom stereocenters. The minimum atomic E-state index is -0.388. The molecule has 2 heterocycles. The summed E-state index contributed by atoms with van der Waals surface area (Å²) >= 11 is 7.46. The van der Waals surface area contributed by atoms with Gasteiger partial charge in [-0.3, -0.25) is 14.8 Å². The highest BCUT2D eigenvalue weighted by Gasteiger charge is 2.22. The number of benzene rings is 1. The second kappa shape index (κ2) is 6.70. The molecule has 0 amide bonds. The van der Waals surface area contributed by atoms with Gasteiger partial charge in [0.15, 0.2) is 0 Å². The summed E-state index contributed by atoms with van der Waals surface area (Å²) in [6.45, 7) is 3.78. The van der Waals surface area contributed by atoms with Crippen LogP contribution in [-0.2, 0) is 13.0 Å². The van der Waals surface area contributed by atoms with Crippen LogP contribution >= 0.6 is 22.9 Å². The Morgan fingerprint density at radius 2 is 2.00 bits per heavy atom. The average molecular weight is 363 g/mol. The monoisotopic (exact) mass is 362 g/mol. The normalized spacial score (nSPS) is 11.0. The molecule has 0 aliphatic carbocycles. The van der Waals surface area contributed by atoms with Crippen molar-refractivity contribution in [3.8, 4) is 0 Å². The number of nitro groups is 1. The summed E-state index contributed by atoms with van der Waals surface area (Å²) in [5.41, 5.74) is 3.04. The highest BCUT2D eigenvalue weighted by molar-refractivity contribution is 7.09. The minimum absolute atomic E-state index is 0.0756. The largest absolute Gasteiger partial charge is 0.312 e. The van der Waals surface area contributed by atoms with Gasteiger partial charge in [0.1, 0.15) is 11.4 Å². The Kier molecular flexibility index (Phi) is 4.64. The van der Waals surface area contributed by atoms with E-state index in [-0.39, 0.29) is 10.6 Å². The molecule has 1 aromatic carbocycles. The molecule has 0 bridgehead atoms. The lowest BCUT2D eigenvalue weighted by atomic mass is 10.2. The van der Waals surface area contributed by atoms with E-state index < -0.39 is 0 Å². The Hall–Kier alpha value is -2.25. The molecule has 6 nitrogen and oxygen atoms in total. The molecule has 0 aliphatic rings. The van der Waals surface area contributed by atoms with Crippen LogP contribution in [0, 0.1) is 24.0 Å². The molecule has 0 spiro atoms. The van der Waals surface area contributed by atoms with Crippen LogP contribution in [0.4, 0.5) is 5.69 Å². The number of hydrogen-bond donors (Lipinski definition) is 0. The molecule has 0 fully saturated rings. The quantitative estimate of drug-likeness (QED) is 0.504. The highest BCUT2D eigenvalue weighted by Crippen LogP contribution is 2.23. The van der Waals surface area contributed by atoms with Crippen LogP contribution in [0.5, 0.6) is 0 Å². The van der Waals surface area contributed by atoms with Gasteiger partial charge in [-0.2, -0.15) is 5.10 Å². The summed E-state index contributed by atoms with van der Waals surface area (Å²) in [4.78, 5) is 15.3. The molecular weight excluding hydrogens is 348 g/mol. The van der Waals surface area contributed by atoms with Gasteiger partial charge in [0, 0.05) is 16.8 Å². The number of thiazole rings is 1. The number of halogens is 1. The predicted molar refractivity (Wildman–Crippen MR) is 93.8 cm³/mol. The first-order valence-electron chi connectivity index (χ1n) is 7.30. The van der Waals surface area contributed by atoms with E-state index >= 15 is 0 Å². The van der Waals surface area contributed by atoms with Crippen molar-refractivity contribution in [2.24, 2.45) is 0 Å². The van der Waals surface area contributed by atoms with Gasteiger partial charge in [0.2, 0.25) is 0 Å². The van der Waals surface area contributed by atoms with Gasteiger partial charge in [0.05, 0.1) is 22.2 Å². The fourth-order valence-electron chi connectivity index (χ4n) is 2.54. The van der Waals surface area contributed by atoms with Gasteiger partial charge in [-0.1, -0.05) is 23.7 Å². The van der Waals surface area contributed by atoms with E-state index in [9.17, 15) is 10.1 Å². The van der Waals surface area contributed by atoms with E-state index in [1.807, 2.05) is 29.6 Å². The van der Waals surface area contributed by atoms with Crippen LogP contribution in [0.25, 0.3) is 0 Å². The molecule has 0 radical (unpaired) electrons. The topological polar surface area (TPSA) is 73.8 Å². The molecule has 124 valence electrons. The van der Waals surface area contributed by atoms with Crippen molar-refractivity contribution in [1.82, 2.24) is 14.8 Å². The summed E-state index contributed by atoms with van der Waals surface area (Å²) in [5, 5.41) is 19.0. The van der Waals surface area contributed by atoms with Gasteiger partial charge in [-0.25, -0.2) is 4.98 Å². The number of aromatic nitrogens is 3. The molecular formula is C16H15ClN4O2S. The lowest BCUT2D eigenvalue weighted by Crippen LogP contribution is -2.05. The molecule has 0 unspecified atom stereocenters. The van der Waals surface area contributed by atoms with Crippen molar-refractivity contribution in [2.45, 2.75) is 26.8 Å². The first-order chi connectivity index (χ1) is 11.4. The third-order valence-corrected chi connectivity index (χ3v) is 4.86. The summed E-state index contributed by atoms with van der Waals surface area (Å²) in [7, 11) is 0. The van der Waals surface area contributed by atoms with Crippen molar-refractivity contribution >= 4 is 28.6 Å². The molecule has 0 aliphatic heterocycles. The zero-order valence-electron chi connectivity index (χ0n) is 13.2. The van der Waals surface area contributed by atoms with Crippen molar-refractivity contribution in [3.63, 3.8) is 0 Å². The second-order valence-electron chi connectivity index (χ2n) is 5.47. The smallest absolute Gasteiger partial charge is 0.258 e. The first-order valence-corrected chi connectivity index (χ1v) is 8.56. The van der Waals surface area contributed by atoms with E-state index in [1.165, 1.54) is 0 Å². The fourth-order valence-corrected chi connectivity index (χ4v) is 3.48. The molecule has 0 saturated heterocycles. The van der Waals surface area contributed by atoms with Crippen molar-refractivity contribution in [2.75, 3.05) is 0 Å². The molecule has 0 saturated carbocycles. The fraction of sp³-hybridized carbons (Fsp3) is 0.250. The van der Waals surface area contributed by atoms with Gasteiger partial charge in [0.25, 0.3) is 0 Å². The lowest BCUT2D eigenvalue weighted by molar-refractivity contribution is -0.386. The van der Waals surface area contributed by atoms with E-state index in [1.54, 1.807) is 29.9 Å². The van der Waals surface area contributed by atoms with Crippen LogP contribution in [0.1, 0.15) is 27.7 Å². The SMILES string of the molecule is Cc1nn(Cc2csc(Cc3ccc(Cl)cc3)n2)c(C)c1[N+](=O)[O-]. The third kappa shape index (κ3) is 3.47. The van der Waals surface area contributed by atoms with Crippen LogP contribution < -0.4 is 0 Å². The van der Waals surface area contributed by atoms with Crippen LogP contribution in [0.3, 0.4) is 0 Å². The maximum Gasteiger partial charge on any atom is 0.312 e. The Labute approximate surface area is 147 Å². The van der Waals surface area contributed by atoms with E-state index in [4.69, 9.17) is 11.6 Å². The van der Waals surface area contributed by atoms with Gasteiger partial charge in [-0.05, 0) is 31.5 Å². The Balaban J connectivity index is 1.76. The van der Waals surface area contributed by atoms with Crippen LogP contribution in [0.2, 0.25) is 5.02 Å². The molecule has 2 aromatic heterocycles. The number of hydrogen-bond acceptors (Lipinski definition) is 5. The standard InChI is InChI=1S/C16H15ClN4O2S/c1-10-16(21(22)23)11(2)20(19-10)8-14-9-24-15(18-14)7-12-3-5-13(17)6-4-12/h3-6,9H,7-8H2,1-2H3. The first kappa shape index (κ1) is 16.6. The van der Waals surface area contributed by atoms with Gasteiger partial charge in [-0.15, -0.1) is 11.3 Å². The van der Waals surface area contributed by atoms with Gasteiger partial charge >= 0.3 is 5.69 Å². The second-order valence-corrected chi connectivity index (χ2v) is 6.85. The number of aryl methyl sites for hydroxylation is 1. The Morgan fingerprint density at radius 3 is 2.62 bits per heavy atom. The Bertz CT molecular complexity index is 886. The Morgan fingerprint density at radius 1 is 1.29 bits per heavy atom. The molecule has 3 aromatic rings. The van der Waals surface area contributed by atoms with Gasteiger partial charge < -0.3 is 0 Å². The van der Waals surface area contributed by atoms with E-state index in [0.717, 1.165) is 22.7 Å². The molecule has 3 rings (SSSR count). The third-order valence-electron chi connectivity index (χ3n) is 3.71. The summed E-state index contributed by atoms with van der Waals surface area (Å²) in [5.74, 6) is 0. The van der Waals surface area contributed by atoms with Crippen molar-refractivity contribution in [1.29, 1.82) is 0 Å². The minimum Gasteiger partial charge on any atom is -0.258 e. The maximum atomic E-state index is 11.1. The highest BCUT2D eigenvalue weighted by atomic mass is 35.5.